The predicted octanol–water partition coefficient (Wildman–Crippen LogP) is 2.23. The minimum atomic E-state index is 0.565. The SMILES string of the molecule is Cc1cc(-c2ccco2)cnc1N. The lowest BCUT2D eigenvalue weighted by atomic mass is 10.2. The highest BCUT2D eigenvalue weighted by Crippen LogP contribution is 2.21. The van der Waals surface area contributed by atoms with E-state index in [9.17, 15) is 0 Å². The number of nitrogens with two attached hydrogens (primary N) is 1. The number of anilines is 1. The Kier molecular flexibility index (Phi) is 1.77. The molecule has 0 atom stereocenters. The van der Waals surface area contributed by atoms with E-state index in [2.05, 4.69) is 4.98 Å². The van der Waals surface area contributed by atoms with Gasteiger partial charge in [0.25, 0.3) is 0 Å². The highest BCUT2D eigenvalue weighted by atomic mass is 16.3. The first-order valence-corrected chi connectivity index (χ1v) is 4.03. The van der Waals surface area contributed by atoms with E-state index in [-0.39, 0.29) is 0 Å². The zero-order valence-electron chi connectivity index (χ0n) is 7.32. The van der Waals surface area contributed by atoms with Gasteiger partial charge in [0.15, 0.2) is 0 Å². The summed E-state index contributed by atoms with van der Waals surface area (Å²) < 4.78 is 5.23. The van der Waals surface area contributed by atoms with Crippen LogP contribution in [-0.2, 0) is 0 Å². The van der Waals surface area contributed by atoms with E-state index >= 15 is 0 Å². The number of aryl methyl sites for hydroxylation is 1. The standard InChI is InChI=1S/C10H10N2O/c1-7-5-8(6-12-10(7)11)9-3-2-4-13-9/h2-6H,1H3,(H2,11,12). The van der Waals surface area contributed by atoms with Crippen molar-refractivity contribution in [1.29, 1.82) is 0 Å². The zero-order chi connectivity index (χ0) is 9.26. The Bertz CT molecular complexity index is 407. The van der Waals surface area contributed by atoms with Gasteiger partial charge in [0.2, 0.25) is 0 Å². The van der Waals surface area contributed by atoms with Crippen molar-refractivity contribution in [3.05, 3.63) is 36.2 Å². The van der Waals surface area contributed by atoms with E-state index in [4.69, 9.17) is 10.2 Å². The van der Waals surface area contributed by atoms with Crippen molar-refractivity contribution in [1.82, 2.24) is 4.98 Å². The van der Waals surface area contributed by atoms with Crippen LogP contribution in [0, 0.1) is 6.92 Å². The van der Waals surface area contributed by atoms with Crippen molar-refractivity contribution < 1.29 is 4.42 Å². The number of hydrogen-bond acceptors (Lipinski definition) is 3. The number of pyridine rings is 1. The number of hydrogen-bond donors (Lipinski definition) is 1. The van der Waals surface area contributed by atoms with Gasteiger partial charge < -0.3 is 10.2 Å². The summed E-state index contributed by atoms with van der Waals surface area (Å²) >= 11 is 0. The van der Waals surface area contributed by atoms with Gasteiger partial charge in [-0.3, -0.25) is 0 Å². The van der Waals surface area contributed by atoms with Gasteiger partial charge in [0.05, 0.1) is 6.26 Å². The molecule has 0 amide bonds. The van der Waals surface area contributed by atoms with Crippen molar-refractivity contribution in [3.63, 3.8) is 0 Å². The fourth-order valence-electron chi connectivity index (χ4n) is 1.16. The average Bonchev–Trinajstić information content (AvgIpc) is 2.62. The molecule has 0 aromatic carbocycles. The lowest BCUT2D eigenvalue weighted by Gasteiger charge is -2.00. The molecule has 0 unspecified atom stereocenters. The number of nitrogens with zero attached hydrogens (tertiary/aromatic N) is 1. The van der Waals surface area contributed by atoms with Crippen LogP contribution in [0.4, 0.5) is 5.82 Å². The summed E-state index contributed by atoms with van der Waals surface area (Å²) in [7, 11) is 0. The summed E-state index contributed by atoms with van der Waals surface area (Å²) in [6.45, 7) is 1.93. The van der Waals surface area contributed by atoms with Gasteiger partial charge in [-0.1, -0.05) is 0 Å². The molecule has 0 fully saturated rings. The first-order valence-electron chi connectivity index (χ1n) is 4.03. The third kappa shape index (κ3) is 1.40. The summed E-state index contributed by atoms with van der Waals surface area (Å²) in [5.74, 6) is 1.38. The lowest BCUT2D eigenvalue weighted by molar-refractivity contribution is 0.582. The van der Waals surface area contributed by atoms with Gasteiger partial charge in [0.1, 0.15) is 11.6 Å². The second-order valence-corrected chi connectivity index (χ2v) is 2.90. The normalized spacial score (nSPS) is 10.2. The summed E-state index contributed by atoms with van der Waals surface area (Å²) in [6.07, 6.45) is 3.35. The molecular weight excluding hydrogens is 164 g/mol. The second-order valence-electron chi connectivity index (χ2n) is 2.90. The Morgan fingerprint density at radius 1 is 1.46 bits per heavy atom. The summed E-state index contributed by atoms with van der Waals surface area (Å²) in [4.78, 5) is 4.05. The molecule has 0 radical (unpaired) electrons. The molecule has 0 spiro atoms. The first-order chi connectivity index (χ1) is 6.27. The second kappa shape index (κ2) is 2.94. The summed E-state index contributed by atoms with van der Waals surface area (Å²) in [5.41, 5.74) is 7.52. The Morgan fingerprint density at radius 3 is 2.92 bits per heavy atom. The van der Waals surface area contributed by atoms with E-state index in [1.165, 1.54) is 0 Å². The minimum Gasteiger partial charge on any atom is -0.464 e. The highest BCUT2D eigenvalue weighted by molar-refractivity contribution is 5.59. The Labute approximate surface area is 76.2 Å². The molecule has 13 heavy (non-hydrogen) atoms. The van der Waals surface area contributed by atoms with Crippen LogP contribution < -0.4 is 5.73 Å². The maximum Gasteiger partial charge on any atom is 0.135 e. The largest absolute Gasteiger partial charge is 0.464 e. The molecule has 2 N–H and O–H groups in total. The average molecular weight is 174 g/mol. The van der Waals surface area contributed by atoms with Crippen molar-refractivity contribution in [2.45, 2.75) is 6.92 Å². The third-order valence-electron chi connectivity index (χ3n) is 1.92. The highest BCUT2D eigenvalue weighted by Gasteiger charge is 2.02. The van der Waals surface area contributed by atoms with E-state index in [1.54, 1.807) is 12.5 Å². The third-order valence-corrected chi connectivity index (χ3v) is 1.92. The molecule has 0 bridgehead atoms. The molecule has 0 aliphatic carbocycles. The topological polar surface area (TPSA) is 52.0 Å². The van der Waals surface area contributed by atoms with Crippen LogP contribution in [0.15, 0.2) is 35.1 Å². The van der Waals surface area contributed by atoms with Crippen LogP contribution in [-0.4, -0.2) is 4.98 Å². The van der Waals surface area contributed by atoms with E-state index < -0.39 is 0 Å². The van der Waals surface area contributed by atoms with Crippen molar-refractivity contribution in [2.24, 2.45) is 0 Å². The van der Waals surface area contributed by atoms with Crippen molar-refractivity contribution in [2.75, 3.05) is 5.73 Å². The Balaban J connectivity index is 2.49. The van der Waals surface area contributed by atoms with Crippen LogP contribution in [0.25, 0.3) is 11.3 Å². The van der Waals surface area contributed by atoms with Gasteiger partial charge in [-0.25, -0.2) is 4.98 Å². The maximum absolute atomic E-state index is 5.60. The van der Waals surface area contributed by atoms with E-state index in [0.29, 0.717) is 5.82 Å². The Hall–Kier alpha value is -1.77. The summed E-state index contributed by atoms with van der Waals surface area (Å²) in [5, 5.41) is 0. The van der Waals surface area contributed by atoms with Gasteiger partial charge in [-0.05, 0) is 30.7 Å². The van der Waals surface area contributed by atoms with Crippen molar-refractivity contribution in [3.8, 4) is 11.3 Å². The Morgan fingerprint density at radius 2 is 2.31 bits per heavy atom. The van der Waals surface area contributed by atoms with Gasteiger partial charge >= 0.3 is 0 Å². The molecule has 3 nitrogen and oxygen atoms in total. The molecular formula is C10H10N2O. The predicted molar refractivity (Wildman–Crippen MR) is 51.1 cm³/mol. The monoisotopic (exact) mass is 174 g/mol. The quantitative estimate of drug-likeness (QED) is 0.721. The molecule has 2 heterocycles. The molecule has 0 aliphatic rings. The van der Waals surface area contributed by atoms with Crippen LogP contribution in [0.2, 0.25) is 0 Å². The minimum absolute atomic E-state index is 0.565. The molecule has 0 saturated carbocycles. The fraction of sp³-hybridized carbons (Fsp3) is 0.100. The lowest BCUT2D eigenvalue weighted by Crippen LogP contribution is -1.93. The fourth-order valence-corrected chi connectivity index (χ4v) is 1.16. The molecule has 2 rings (SSSR count). The molecule has 3 heteroatoms. The van der Waals surface area contributed by atoms with Crippen LogP contribution in [0.3, 0.4) is 0 Å². The van der Waals surface area contributed by atoms with E-state index in [1.807, 2.05) is 25.1 Å². The van der Waals surface area contributed by atoms with Gasteiger partial charge in [-0.2, -0.15) is 0 Å². The molecule has 0 saturated heterocycles. The maximum atomic E-state index is 5.60. The smallest absolute Gasteiger partial charge is 0.135 e. The molecule has 0 aliphatic heterocycles. The molecule has 66 valence electrons. The number of aromatic nitrogens is 1. The van der Waals surface area contributed by atoms with Gasteiger partial charge in [-0.15, -0.1) is 0 Å². The van der Waals surface area contributed by atoms with E-state index in [0.717, 1.165) is 16.9 Å². The van der Waals surface area contributed by atoms with Crippen LogP contribution >= 0.6 is 0 Å². The zero-order valence-corrected chi connectivity index (χ0v) is 7.32. The molecule has 2 aromatic heterocycles. The number of furan rings is 1. The van der Waals surface area contributed by atoms with Crippen molar-refractivity contribution >= 4 is 5.82 Å². The number of nitrogen functional groups attached to an aromatic ring is 1. The number of rotatable bonds is 1. The van der Waals surface area contributed by atoms with Crippen LogP contribution in [0.5, 0.6) is 0 Å². The molecule has 2 aromatic rings. The summed E-state index contributed by atoms with van der Waals surface area (Å²) in [6, 6.07) is 5.70. The van der Waals surface area contributed by atoms with Crippen LogP contribution in [0.1, 0.15) is 5.56 Å². The van der Waals surface area contributed by atoms with Gasteiger partial charge in [0, 0.05) is 11.8 Å². The first kappa shape index (κ1) is 7.86.